The normalized spacial score (nSPS) is 16.1. The number of hydrogen-bond acceptors (Lipinski definition) is 2. The van der Waals surface area contributed by atoms with Gasteiger partial charge in [-0.25, -0.2) is 0 Å². The number of benzene rings is 2. The quantitative estimate of drug-likeness (QED) is 0.553. The molecular formula is C16H20O2. The lowest BCUT2D eigenvalue weighted by molar-refractivity contribution is -0.176. The second kappa shape index (κ2) is 6.53. The third-order valence-electron chi connectivity index (χ3n) is 3.87. The van der Waals surface area contributed by atoms with E-state index in [1.807, 2.05) is 0 Å². The van der Waals surface area contributed by atoms with Crippen molar-refractivity contribution in [3.8, 4) is 0 Å². The molecule has 0 saturated heterocycles. The van der Waals surface area contributed by atoms with Crippen molar-refractivity contribution in [3.05, 3.63) is 48.0 Å². The van der Waals surface area contributed by atoms with Gasteiger partial charge >= 0.3 is 0 Å². The molecule has 1 aliphatic carbocycles. The van der Waals surface area contributed by atoms with Crippen LogP contribution in [0, 0.1) is 0 Å². The standard InChI is InChI=1S/C16H18.H2O2/c1-2-7-13(8-3-1)16-12-6-10-14-9-4-5-11-15(14)16;1-2/h4-6,9-13H,1-3,7-8H2;1-2H. The van der Waals surface area contributed by atoms with Gasteiger partial charge in [0.05, 0.1) is 0 Å². The van der Waals surface area contributed by atoms with Gasteiger partial charge in [0, 0.05) is 0 Å². The SMILES string of the molecule is OO.c1ccc2c(C3CCCCC3)cccc2c1. The summed E-state index contributed by atoms with van der Waals surface area (Å²) in [4.78, 5) is 0. The Bertz CT molecular complexity index is 482. The molecular weight excluding hydrogens is 224 g/mol. The minimum atomic E-state index is 0.805. The monoisotopic (exact) mass is 244 g/mol. The van der Waals surface area contributed by atoms with E-state index in [-0.39, 0.29) is 0 Å². The fourth-order valence-electron chi connectivity index (χ4n) is 3.02. The molecule has 0 atom stereocenters. The summed E-state index contributed by atoms with van der Waals surface area (Å²) in [6.07, 6.45) is 7.02. The Kier molecular flexibility index (Phi) is 4.73. The molecule has 2 heteroatoms. The maximum Gasteiger partial charge on any atom is -0.0149 e. The van der Waals surface area contributed by atoms with E-state index < -0.39 is 0 Å². The molecule has 2 aromatic rings. The Hall–Kier alpha value is -1.38. The van der Waals surface area contributed by atoms with Crippen LogP contribution in [-0.4, -0.2) is 10.5 Å². The molecule has 2 nitrogen and oxygen atoms in total. The third-order valence-corrected chi connectivity index (χ3v) is 3.87. The van der Waals surface area contributed by atoms with Gasteiger partial charge < -0.3 is 0 Å². The second-order valence-electron chi connectivity index (χ2n) is 4.90. The fraction of sp³-hybridized carbons (Fsp3) is 0.375. The van der Waals surface area contributed by atoms with Crippen LogP contribution in [0.15, 0.2) is 42.5 Å². The number of fused-ring (bicyclic) bond motifs is 1. The molecule has 0 bridgehead atoms. The molecule has 0 unspecified atom stereocenters. The van der Waals surface area contributed by atoms with Gasteiger partial charge in [0.25, 0.3) is 0 Å². The Morgan fingerprint density at radius 2 is 1.44 bits per heavy atom. The lowest BCUT2D eigenvalue weighted by Crippen LogP contribution is -2.04. The Labute approximate surface area is 108 Å². The Balaban J connectivity index is 0.000000574. The molecule has 1 fully saturated rings. The van der Waals surface area contributed by atoms with Crippen LogP contribution in [0.4, 0.5) is 0 Å². The van der Waals surface area contributed by atoms with Crippen molar-refractivity contribution in [1.29, 1.82) is 0 Å². The van der Waals surface area contributed by atoms with E-state index >= 15 is 0 Å². The highest BCUT2D eigenvalue weighted by Gasteiger charge is 2.16. The van der Waals surface area contributed by atoms with Crippen LogP contribution in [-0.2, 0) is 0 Å². The summed E-state index contributed by atoms with van der Waals surface area (Å²) in [5.74, 6) is 0.805. The van der Waals surface area contributed by atoms with E-state index in [1.165, 1.54) is 42.9 Å². The average Bonchev–Trinajstić information content (AvgIpc) is 2.50. The molecule has 2 aromatic carbocycles. The van der Waals surface area contributed by atoms with Crippen molar-refractivity contribution < 1.29 is 10.5 Å². The van der Waals surface area contributed by atoms with Gasteiger partial charge in [0.2, 0.25) is 0 Å². The molecule has 0 radical (unpaired) electrons. The fourth-order valence-corrected chi connectivity index (χ4v) is 3.02. The van der Waals surface area contributed by atoms with E-state index in [9.17, 15) is 0 Å². The smallest absolute Gasteiger partial charge is 0.0149 e. The Morgan fingerprint density at radius 3 is 2.22 bits per heavy atom. The van der Waals surface area contributed by atoms with E-state index in [2.05, 4.69) is 42.5 Å². The summed E-state index contributed by atoms with van der Waals surface area (Å²) in [6.45, 7) is 0. The van der Waals surface area contributed by atoms with Crippen molar-refractivity contribution in [1.82, 2.24) is 0 Å². The number of rotatable bonds is 1. The predicted octanol–water partition coefficient (Wildman–Crippen LogP) is 4.90. The lowest BCUT2D eigenvalue weighted by atomic mass is 9.82. The molecule has 1 aliphatic rings. The van der Waals surface area contributed by atoms with Crippen LogP contribution in [0.5, 0.6) is 0 Å². The molecule has 96 valence electrons. The van der Waals surface area contributed by atoms with Crippen LogP contribution >= 0.6 is 0 Å². The van der Waals surface area contributed by atoms with Crippen LogP contribution in [0.1, 0.15) is 43.6 Å². The van der Waals surface area contributed by atoms with E-state index in [0.717, 1.165) is 5.92 Å². The summed E-state index contributed by atoms with van der Waals surface area (Å²) in [6, 6.07) is 15.6. The van der Waals surface area contributed by atoms with Crippen molar-refractivity contribution in [2.24, 2.45) is 0 Å². The first-order chi connectivity index (χ1) is 8.95. The second-order valence-corrected chi connectivity index (χ2v) is 4.90. The zero-order valence-electron chi connectivity index (χ0n) is 10.5. The summed E-state index contributed by atoms with van der Waals surface area (Å²) in [7, 11) is 0. The van der Waals surface area contributed by atoms with Crippen molar-refractivity contribution >= 4 is 10.8 Å². The zero-order valence-corrected chi connectivity index (χ0v) is 10.5. The highest BCUT2D eigenvalue weighted by atomic mass is 17.0. The van der Waals surface area contributed by atoms with E-state index in [0.29, 0.717) is 0 Å². The molecule has 18 heavy (non-hydrogen) atoms. The lowest BCUT2D eigenvalue weighted by Gasteiger charge is -2.23. The van der Waals surface area contributed by atoms with Gasteiger partial charge in [-0.3, -0.25) is 10.5 Å². The van der Waals surface area contributed by atoms with Crippen molar-refractivity contribution in [2.75, 3.05) is 0 Å². The highest BCUT2D eigenvalue weighted by molar-refractivity contribution is 5.86. The molecule has 0 spiro atoms. The van der Waals surface area contributed by atoms with Crippen LogP contribution in [0.2, 0.25) is 0 Å². The highest BCUT2D eigenvalue weighted by Crippen LogP contribution is 2.36. The zero-order chi connectivity index (χ0) is 12.8. The minimum Gasteiger partial charge on any atom is -0.255 e. The first-order valence-corrected chi connectivity index (χ1v) is 6.63. The van der Waals surface area contributed by atoms with Crippen LogP contribution < -0.4 is 0 Å². The topological polar surface area (TPSA) is 40.5 Å². The van der Waals surface area contributed by atoms with Crippen molar-refractivity contribution in [2.45, 2.75) is 38.0 Å². The molecule has 0 heterocycles. The first-order valence-electron chi connectivity index (χ1n) is 6.63. The Morgan fingerprint density at radius 1 is 0.778 bits per heavy atom. The third kappa shape index (κ3) is 2.71. The minimum absolute atomic E-state index is 0.805. The maximum atomic E-state index is 6.00. The summed E-state index contributed by atoms with van der Waals surface area (Å²) in [5.41, 5.74) is 1.58. The summed E-state index contributed by atoms with van der Waals surface area (Å²) < 4.78 is 0. The molecule has 2 N–H and O–H groups in total. The molecule has 3 rings (SSSR count). The largest absolute Gasteiger partial charge is 0.255 e. The van der Waals surface area contributed by atoms with Gasteiger partial charge in [-0.2, -0.15) is 0 Å². The summed E-state index contributed by atoms with van der Waals surface area (Å²) >= 11 is 0. The van der Waals surface area contributed by atoms with Gasteiger partial charge in [-0.15, -0.1) is 0 Å². The van der Waals surface area contributed by atoms with Crippen molar-refractivity contribution in [3.63, 3.8) is 0 Å². The van der Waals surface area contributed by atoms with Gasteiger partial charge in [0.15, 0.2) is 0 Å². The van der Waals surface area contributed by atoms with Crippen LogP contribution in [0.25, 0.3) is 10.8 Å². The molecule has 0 aromatic heterocycles. The van der Waals surface area contributed by atoms with E-state index in [1.54, 1.807) is 5.56 Å². The molecule has 0 aliphatic heterocycles. The molecule has 1 saturated carbocycles. The van der Waals surface area contributed by atoms with Gasteiger partial charge in [0.1, 0.15) is 0 Å². The van der Waals surface area contributed by atoms with Gasteiger partial charge in [-0.05, 0) is 35.1 Å². The van der Waals surface area contributed by atoms with E-state index in [4.69, 9.17) is 10.5 Å². The number of hydrogen-bond donors (Lipinski definition) is 2. The summed E-state index contributed by atoms with van der Waals surface area (Å²) in [5, 5.41) is 14.9. The van der Waals surface area contributed by atoms with Crippen LogP contribution in [0.3, 0.4) is 0 Å². The maximum absolute atomic E-state index is 6.00. The molecule has 0 amide bonds. The average molecular weight is 244 g/mol. The van der Waals surface area contributed by atoms with Gasteiger partial charge in [-0.1, -0.05) is 61.7 Å². The first kappa shape index (κ1) is 13.1. The predicted molar refractivity (Wildman–Crippen MR) is 75.0 cm³/mol.